The Hall–Kier alpha value is -1.76. The minimum Gasteiger partial charge on any atom is -0.302 e. The van der Waals surface area contributed by atoms with Gasteiger partial charge in [-0.1, -0.05) is 30.3 Å². The van der Waals surface area contributed by atoms with E-state index in [0.717, 1.165) is 25.8 Å². The average Bonchev–Trinajstić information content (AvgIpc) is 2.67. The van der Waals surface area contributed by atoms with E-state index in [0.29, 0.717) is 13.1 Å². The molecular weight excluding hydrogens is 334 g/mol. The van der Waals surface area contributed by atoms with Crippen LogP contribution in [0.3, 0.4) is 0 Å². The third-order valence-corrected chi connectivity index (χ3v) is 6.70. The third kappa shape index (κ3) is 4.45. The van der Waals surface area contributed by atoms with Crippen LogP contribution < -0.4 is 0 Å². The fourth-order valence-electron chi connectivity index (χ4n) is 3.28. The summed E-state index contributed by atoms with van der Waals surface area (Å²) in [6, 6.07) is 13.9. The molecule has 25 heavy (non-hydrogen) atoms. The van der Waals surface area contributed by atoms with Crippen molar-refractivity contribution in [2.45, 2.75) is 30.2 Å². The smallest absolute Gasteiger partial charge is 0.244 e. The van der Waals surface area contributed by atoms with Gasteiger partial charge in [0.1, 0.15) is 4.90 Å². The Morgan fingerprint density at radius 3 is 2.72 bits per heavy atom. The number of piperidine rings is 1. The molecule has 1 aromatic carbocycles. The number of pyridine rings is 1. The van der Waals surface area contributed by atoms with Crippen LogP contribution in [-0.2, 0) is 16.4 Å². The molecule has 2 aromatic rings. The molecule has 0 spiro atoms. The van der Waals surface area contributed by atoms with Gasteiger partial charge in [0.25, 0.3) is 0 Å². The molecule has 1 atom stereocenters. The van der Waals surface area contributed by atoms with Crippen LogP contribution in [-0.4, -0.2) is 55.3 Å². The van der Waals surface area contributed by atoms with E-state index in [4.69, 9.17) is 0 Å². The van der Waals surface area contributed by atoms with Crippen molar-refractivity contribution in [3.8, 4) is 0 Å². The number of hydrogen-bond acceptors (Lipinski definition) is 4. The second-order valence-corrected chi connectivity index (χ2v) is 8.50. The van der Waals surface area contributed by atoms with Gasteiger partial charge in [0.05, 0.1) is 0 Å². The Bertz CT molecular complexity index is 766. The molecule has 5 nitrogen and oxygen atoms in total. The van der Waals surface area contributed by atoms with E-state index in [1.807, 2.05) is 6.07 Å². The van der Waals surface area contributed by atoms with Crippen molar-refractivity contribution in [1.82, 2.24) is 14.2 Å². The van der Waals surface area contributed by atoms with Crippen LogP contribution in [0.5, 0.6) is 0 Å². The van der Waals surface area contributed by atoms with Crippen molar-refractivity contribution in [1.29, 1.82) is 0 Å². The first kappa shape index (κ1) is 18.0. The lowest BCUT2D eigenvalue weighted by atomic mass is 10.1. The standard InChI is InChI=1S/C19H25N3O2S/c1-21(14-11-17-7-3-2-4-8-17)18-9-6-13-22(16-18)25(23,24)19-10-5-12-20-15-19/h2-5,7-8,10,12,15,18H,6,9,11,13-14,16H2,1H3/t18-/m1/s1. The molecule has 1 aromatic heterocycles. The first-order valence-corrected chi connectivity index (χ1v) is 10.2. The Balaban J connectivity index is 1.62. The molecular formula is C19H25N3O2S. The quantitative estimate of drug-likeness (QED) is 0.795. The van der Waals surface area contributed by atoms with Gasteiger partial charge in [-0.3, -0.25) is 4.98 Å². The van der Waals surface area contributed by atoms with E-state index in [2.05, 4.69) is 41.2 Å². The Labute approximate surface area is 150 Å². The fraction of sp³-hybridized carbons (Fsp3) is 0.421. The lowest BCUT2D eigenvalue weighted by Gasteiger charge is -2.37. The number of sulfonamides is 1. The Morgan fingerprint density at radius 1 is 1.20 bits per heavy atom. The zero-order valence-electron chi connectivity index (χ0n) is 14.6. The molecule has 2 heterocycles. The minimum absolute atomic E-state index is 0.254. The van der Waals surface area contributed by atoms with E-state index in [1.54, 1.807) is 22.6 Å². The van der Waals surface area contributed by atoms with Crippen LogP contribution in [0.2, 0.25) is 0 Å². The maximum atomic E-state index is 12.8. The molecule has 1 aliphatic heterocycles. The van der Waals surface area contributed by atoms with E-state index in [1.165, 1.54) is 11.8 Å². The molecule has 1 aliphatic rings. The van der Waals surface area contributed by atoms with Crippen molar-refractivity contribution < 1.29 is 8.42 Å². The molecule has 0 unspecified atom stereocenters. The fourth-order valence-corrected chi connectivity index (χ4v) is 4.76. The summed E-state index contributed by atoms with van der Waals surface area (Å²) >= 11 is 0. The van der Waals surface area contributed by atoms with E-state index in [-0.39, 0.29) is 10.9 Å². The molecule has 0 radical (unpaired) electrons. The second kappa shape index (κ2) is 8.08. The number of nitrogens with zero attached hydrogens (tertiary/aromatic N) is 3. The number of benzene rings is 1. The number of aromatic nitrogens is 1. The zero-order chi connectivity index (χ0) is 17.7. The summed E-state index contributed by atoms with van der Waals surface area (Å²) in [5, 5.41) is 0. The van der Waals surface area contributed by atoms with Crippen molar-refractivity contribution in [3.05, 3.63) is 60.4 Å². The van der Waals surface area contributed by atoms with Gasteiger partial charge < -0.3 is 4.90 Å². The maximum absolute atomic E-state index is 12.8. The maximum Gasteiger partial charge on any atom is 0.244 e. The van der Waals surface area contributed by atoms with E-state index in [9.17, 15) is 8.42 Å². The van der Waals surface area contributed by atoms with Gasteiger partial charge in [0.2, 0.25) is 10.0 Å². The highest BCUT2D eigenvalue weighted by Gasteiger charge is 2.31. The number of likely N-dealkylation sites (N-methyl/N-ethyl adjacent to an activating group) is 1. The summed E-state index contributed by atoms with van der Waals surface area (Å²) in [5.41, 5.74) is 1.31. The zero-order valence-corrected chi connectivity index (χ0v) is 15.4. The molecule has 3 rings (SSSR count). The first-order chi connectivity index (χ1) is 12.1. The highest BCUT2D eigenvalue weighted by atomic mass is 32.2. The summed E-state index contributed by atoms with van der Waals surface area (Å²) in [6.07, 6.45) is 5.92. The predicted octanol–water partition coefficient (Wildman–Crippen LogP) is 2.41. The molecule has 1 saturated heterocycles. The molecule has 0 amide bonds. The summed E-state index contributed by atoms with van der Waals surface area (Å²) < 4.78 is 27.2. The van der Waals surface area contributed by atoms with Crippen molar-refractivity contribution in [2.24, 2.45) is 0 Å². The normalized spacial score (nSPS) is 19.2. The molecule has 134 valence electrons. The molecule has 0 saturated carbocycles. The average molecular weight is 359 g/mol. The third-order valence-electron chi connectivity index (χ3n) is 4.85. The van der Waals surface area contributed by atoms with Gasteiger partial charge in [0.15, 0.2) is 0 Å². The highest BCUT2D eigenvalue weighted by Crippen LogP contribution is 2.22. The monoisotopic (exact) mass is 359 g/mol. The second-order valence-electron chi connectivity index (χ2n) is 6.56. The van der Waals surface area contributed by atoms with E-state index < -0.39 is 10.0 Å². The predicted molar refractivity (Wildman–Crippen MR) is 98.8 cm³/mol. The molecule has 0 bridgehead atoms. The van der Waals surface area contributed by atoms with Crippen LogP contribution >= 0.6 is 0 Å². The summed E-state index contributed by atoms with van der Waals surface area (Å²) in [6.45, 7) is 2.05. The van der Waals surface area contributed by atoms with Crippen LogP contribution in [0.4, 0.5) is 0 Å². The van der Waals surface area contributed by atoms with E-state index >= 15 is 0 Å². The lowest BCUT2D eigenvalue weighted by molar-refractivity contribution is 0.164. The summed E-state index contributed by atoms with van der Waals surface area (Å²) in [7, 11) is -1.36. The van der Waals surface area contributed by atoms with Gasteiger partial charge >= 0.3 is 0 Å². The molecule has 0 N–H and O–H groups in total. The van der Waals surface area contributed by atoms with Gasteiger partial charge in [-0.2, -0.15) is 4.31 Å². The number of rotatable bonds is 6. The highest BCUT2D eigenvalue weighted by molar-refractivity contribution is 7.89. The summed E-state index contributed by atoms with van der Waals surface area (Å²) in [5.74, 6) is 0. The summed E-state index contributed by atoms with van der Waals surface area (Å²) in [4.78, 5) is 6.52. The van der Waals surface area contributed by atoms with Crippen molar-refractivity contribution in [3.63, 3.8) is 0 Å². The Morgan fingerprint density at radius 2 is 2.00 bits per heavy atom. The van der Waals surface area contributed by atoms with Crippen molar-refractivity contribution >= 4 is 10.0 Å². The molecule has 0 aliphatic carbocycles. The van der Waals surface area contributed by atoms with Crippen LogP contribution in [0, 0.1) is 0 Å². The van der Waals surface area contributed by atoms with Crippen molar-refractivity contribution in [2.75, 3.05) is 26.7 Å². The Kier molecular flexibility index (Phi) is 5.83. The molecule has 6 heteroatoms. The first-order valence-electron chi connectivity index (χ1n) is 8.72. The van der Waals surface area contributed by atoms with Gasteiger partial charge in [-0.25, -0.2) is 8.42 Å². The lowest BCUT2D eigenvalue weighted by Crippen LogP contribution is -2.48. The van der Waals surface area contributed by atoms with Gasteiger partial charge in [0, 0.05) is 38.1 Å². The van der Waals surface area contributed by atoms with Gasteiger partial charge in [-0.15, -0.1) is 0 Å². The van der Waals surface area contributed by atoms with Crippen LogP contribution in [0.1, 0.15) is 18.4 Å². The molecule has 1 fully saturated rings. The SMILES string of the molecule is CN(CCc1ccccc1)[C@@H]1CCCN(S(=O)(=O)c2cccnc2)C1. The van der Waals surface area contributed by atoms with Crippen LogP contribution in [0.25, 0.3) is 0 Å². The van der Waals surface area contributed by atoms with Gasteiger partial charge in [-0.05, 0) is 44.0 Å². The van der Waals surface area contributed by atoms with Crippen LogP contribution in [0.15, 0.2) is 59.8 Å². The topological polar surface area (TPSA) is 53.5 Å². The largest absolute Gasteiger partial charge is 0.302 e. The number of hydrogen-bond donors (Lipinski definition) is 0. The minimum atomic E-state index is -3.45.